The normalized spacial score (nSPS) is 5.41. The minimum atomic E-state index is -0.181. The summed E-state index contributed by atoms with van der Waals surface area (Å²) in [7, 11) is 0. The number of rotatable bonds is 1. The van der Waals surface area contributed by atoms with E-state index in [1.54, 1.807) is 0 Å². The minimum Gasteiger partial charge on any atom is -1.00 e. The summed E-state index contributed by atoms with van der Waals surface area (Å²) in [4.78, 5) is 27.5. The molecule has 0 fully saturated rings. The van der Waals surface area contributed by atoms with Gasteiger partial charge in [-0.05, 0) is 12.1 Å². The van der Waals surface area contributed by atoms with Crippen molar-refractivity contribution in [3.05, 3.63) is 35.9 Å². The van der Waals surface area contributed by atoms with Gasteiger partial charge in [0.1, 0.15) is 0 Å². The summed E-state index contributed by atoms with van der Waals surface area (Å²) in [6, 6.07) is 9.60. The number of carbonyl (C=O) groups is 1. The second-order valence-electron chi connectivity index (χ2n) is 1.79. The van der Waals surface area contributed by atoms with Gasteiger partial charge < -0.3 is 11.6 Å². The van der Waals surface area contributed by atoms with Crippen molar-refractivity contribution in [3.8, 4) is 12.3 Å². The summed E-state index contributed by atoms with van der Waals surface area (Å²) >= 11 is 0. The first-order valence-electron chi connectivity index (χ1n) is 3.50. The molecular weight excluding hydrogens is 278 g/mol. The van der Waals surface area contributed by atoms with Gasteiger partial charge in [-0.15, -0.1) is 6.42 Å². The van der Waals surface area contributed by atoms with Crippen molar-refractivity contribution in [3.63, 3.8) is 0 Å². The third-order valence-electron chi connectivity index (χ3n) is 0.980. The Balaban J connectivity index is -0.0000000497. The molecule has 0 saturated carbocycles. The number of carbonyl (C=O) groups excluding carboxylic acids is 3. The van der Waals surface area contributed by atoms with Gasteiger partial charge in [0, 0.05) is 5.56 Å². The third kappa shape index (κ3) is 26.5. The van der Waals surface area contributed by atoms with Crippen molar-refractivity contribution in [2.24, 2.45) is 0 Å². The second-order valence-corrected chi connectivity index (χ2v) is 1.79. The van der Waals surface area contributed by atoms with Crippen LogP contribution in [0.2, 0.25) is 0 Å². The number of hydrogen-bond donors (Lipinski definition) is 0. The molecule has 0 saturated heterocycles. The van der Waals surface area contributed by atoms with Crippen molar-refractivity contribution >= 4 is 12.6 Å². The average molecular weight is 286 g/mol. The molecule has 1 aromatic rings. The first kappa shape index (κ1) is 26.4. The van der Waals surface area contributed by atoms with Gasteiger partial charge in [0.05, 0.1) is 0 Å². The fraction of sp³-hybridized carbons (Fsp3) is 0. The molecule has 0 bridgehead atoms. The minimum absolute atomic E-state index is 0. The topological polar surface area (TPSA) is 83.5 Å². The second kappa shape index (κ2) is 25.6. The van der Waals surface area contributed by atoms with E-state index in [9.17, 15) is 0 Å². The SMILES string of the molecule is C#Cc1ccccc1.O=C=O.O=CO[O-].[H-].[K+].[K+]. The molecule has 0 heterocycles. The Kier molecular flexibility index (Phi) is 39.9. The van der Waals surface area contributed by atoms with E-state index in [2.05, 4.69) is 10.8 Å². The van der Waals surface area contributed by atoms with Crippen LogP contribution in [0.3, 0.4) is 0 Å². The van der Waals surface area contributed by atoms with Crippen LogP contribution in [0.4, 0.5) is 0 Å². The Bertz CT molecular complexity index is 334. The predicted octanol–water partition coefficient (Wildman–Crippen LogP) is -6.36. The molecule has 80 valence electrons. The summed E-state index contributed by atoms with van der Waals surface area (Å²) in [6.07, 6.45) is 5.35. The summed E-state index contributed by atoms with van der Waals surface area (Å²) in [5.41, 5.74) is 0.938. The summed E-state index contributed by atoms with van der Waals surface area (Å²) in [5.74, 6) is 2.53. The molecule has 0 aliphatic heterocycles. The maximum Gasteiger partial charge on any atom is 1.00 e. The van der Waals surface area contributed by atoms with Crippen LogP contribution >= 0.6 is 0 Å². The van der Waals surface area contributed by atoms with Crippen LogP contribution in [0.25, 0.3) is 0 Å². The summed E-state index contributed by atoms with van der Waals surface area (Å²) < 4.78 is 0. The van der Waals surface area contributed by atoms with Crippen LogP contribution in [0.15, 0.2) is 30.3 Å². The zero-order chi connectivity index (χ0) is 11.9. The van der Waals surface area contributed by atoms with Crippen molar-refractivity contribution in [1.82, 2.24) is 0 Å². The zero-order valence-corrected chi connectivity index (χ0v) is 15.8. The fourth-order valence-corrected chi connectivity index (χ4v) is 0.534. The Morgan fingerprint density at radius 2 is 1.59 bits per heavy atom. The van der Waals surface area contributed by atoms with Gasteiger partial charge in [0.25, 0.3) is 6.47 Å². The number of terminal acetylenes is 1. The zero-order valence-electron chi connectivity index (χ0n) is 10.6. The molecule has 0 aliphatic carbocycles. The van der Waals surface area contributed by atoms with E-state index in [0.29, 0.717) is 0 Å². The average Bonchev–Trinajstić information content (AvgIpc) is 2.31. The van der Waals surface area contributed by atoms with Crippen LogP contribution in [-0.4, -0.2) is 12.6 Å². The summed E-state index contributed by atoms with van der Waals surface area (Å²) in [5, 5.41) is 8.43. The molecule has 0 aliphatic rings. The largest absolute Gasteiger partial charge is 1.00 e. The van der Waals surface area contributed by atoms with E-state index in [1.807, 2.05) is 30.3 Å². The van der Waals surface area contributed by atoms with Crippen LogP contribution in [0.1, 0.15) is 6.99 Å². The van der Waals surface area contributed by atoms with Crippen LogP contribution < -0.4 is 108 Å². The molecule has 0 N–H and O–H groups in total. The Labute approximate surface area is 186 Å². The molecule has 1 aromatic carbocycles. The molecule has 0 atom stereocenters. The first-order chi connectivity index (χ1) is 7.26. The molecule has 1 rings (SSSR count). The maximum absolute atomic E-state index is 8.64. The van der Waals surface area contributed by atoms with Gasteiger partial charge in [-0.25, -0.2) is 0 Å². The molecule has 5 nitrogen and oxygen atoms in total. The monoisotopic (exact) mass is 286 g/mol. The van der Waals surface area contributed by atoms with Crippen LogP contribution in [0, 0.1) is 12.3 Å². The maximum atomic E-state index is 8.64. The van der Waals surface area contributed by atoms with Crippen molar-refractivity contribution in [2.75, 3.05) is 0 Å². The van der Waals surface area contributed by atoms with E-state index in [-0.39, 0.29) is 117 Å². The quantitative estimate of drug-likeness (QED) is 0.169. The standard InChI is InChI=1S/C8H6.CH2O3.CO2.2K.H/c1-2-8-6-4-3-5-7-8;2-1-4-3;2-1-3;;;/h1,3-7H;1,3H;;;;/q;;;2*+1;-1/p-1. The Morgan fingerprint density at radius 1 is 1.24 bits per heavy atom. The van der Waals surface area contributed by atoms with Crippen molar-refractivity contribution in [2.45, 2.75) is 0 Å². The summed E-state index contributed by atoms with van der Waals surface area (Å²) in [6.45, 7) is -0.181. The third-order valence-corrected chi connectivity index (χ3v) is 0.980. The van der Waals surface area contributed by atoms with E-state index in [0.717, 1.165) is 5.56 Å². The molecule has 0 amide bonds. The van der Waals surface area contributed by atoms with Gasteiger partial charge in [0.2, 0.25) is 0 Å². The van der Waals surface area contributed by atoms with Gasteiger partial charge in [-0.2, -0.15) is 9.59 Å². The molecule has 7 heteroatoms. The van der Waals surface area contributed by atoms with Crippen molar-refractivity contribution in [1.29, 1.82) is 0 Å². The predicted molar refractivity (Wildman–Crippen MR) is 47.6 cm³/mol. The van der Waals surface area contributed by atoms with Gasteiger partial charge in [-0.3, -0.25) is 4.79 Å². The smallest absolute Gasteiger partial charge is 1.00 e. The van der Waals surface area contributed by atoms with Crippen molar-refractivity contribution < 1.29 is 129 Å². The molecule has 0 spiro atoms. The molecule has 17 heavy (non-hydrogen) atoms. The molecular formula is C10H8K2O5. The number of hydrogen-bond acceptors (Lipinski definition) is 5. The van der Waals surface area contributed by atoms with Crippen LogP contribution in [-0.2, 0) is 19.3 Å². The van der Waals surface area contributed by atoms with E-state index >= 15 is 0 Å². The molecule has 0 radical (unpaired) electrons. The van der Waals surface area contributed by atoms with Gasteiger partial charge in [0.15, 0.2) is 0 Å². The Morgan fingerprint density at radius 3 is 1.76 bits per heavy atom. The number of benzene rings is 1. The molecule has 0 unspecified atom stereocenters. The molecule has 0 aromatic heterocycles. The van der Waals surface area contributed by atoms with E-state index in [1.165, 1.54) is 0 Å². The van der Waals surface area contributed by atoms with E-state index < -0.39 is 0 Å². The van der Waals surface area contributed by atoms with Gasteiger partial charge in [-0.1, -0.05) is 24.1 Å². The first-order valence-corrected chi connectivity index (χ1v) is 3.50. The Hall–Kier alpha value is 0.863. The fourth-order valence-electron chi connectivity index (χ4n) is 0.534. The van der Waals surface area contributed by atoms with Crippen LogP contribution in [0.5, 0.6) is 0 Å². The van der Waals surface area contributed by atoms with E-state index in [4.69, 9.17) is 26.1 Å². The van der Waals surface area contributed by atoms with Gasteiger partial charge >= 0.3 is 109 Å².